The van der Waals surface area contributed by atoms with Crippen LogP contribution in [-0.2, 0) is 0 Å². The monoisotopic (exact) mass is 413 g/mol. The van der Waals surface area contributed by atoms with E-state index in [1.807, 2.05) is 35.2 Å². The molecule has 4 aromatic rings. The summed E-state index contributed by atoms with van der Waals surface area (Å²) >= 11 is 1.80. The van der Waals surface area contributed by atoms with E-state index >= 15 is 0 Å². The lowest BCUT2D eigenvalue weighted by atomic mass is 9.96. The average Bonchev–Trinajstić information content (AvgIpc) is 3.56. The number of thiazole rings is 1. The number of rotatable bonds is 3. The molecule has 0 N–H and O–H groups in total. The average molecular weight is 414 g/mol. The lowest BCUT2D eigenvalue weighted by molar-refractivity contribution is 0.0715. The molecule has 2 fully saturated rings. The fourth-order valence-corrected chi connectivity index (χ4v) is 5.66. The first-order chi connectivity index (χ1) is 14.8. The van der Waals surface area contributed by atoms with Crippen molar-refractivity contribution < 1.29 is 4.79 Å². The van der Waals surface area contributed by atoms with Gasteiger partial charge >= 0.3 is 0 Å². The van der Waals surface area contributed by atoms with Crippen LogP contribution in [0.2, 0.25) is 0 Å². The van der Waals surface area contributed by atoms with Gasteiger partial charge in [0, 0.05) is 36.0 Å². The molecule has 1 amide bonds. The largest absolute Gasteiger partial charge is 0.339 e. The molecule has 2 aromatic carbocycles. The van der Waals surface area contributed by atoms with Crippen molar-refractivity contribution in [1.29, 1.82) is 0 Å². The second-order valence-corrected chi connectivity index (χ2v) is 9.53. The van der Waals surface area contributed by atoms with E-state index in [9.17, 15) is 4.79 Å². The van der Waals surface area contributed by atoms with E-state index in [1.165, 1.54) is 22.5 Å². The predicted molar refractivity (Wildman–Crippen MR) is 121 cm³/mol. The summed E-state index contributed by atoms with van der Waals surface area (Å²) in [7, 11) is 0. The molecular formula is C25H23N3OS. The second kappa shape index (κ2) is 7.17. The number of hydrogen-bond acceptors (Lipinski definition) is 4. The molecule has 1 aliphatic carbocycles. The highest BCUT2D eigenvalue weighted by Gasteiger charge is 2.30. The van der Waals surface area contributed by atoms with E-state index in [0.29, 0.717) is 11.8 Å². The zero-order chi connectivity index (χ0) is 20.1. The summed E-state index contributed by atoms with van der Waals surface area (Å²) in [4.78, 5) is 25.2. The Morgan fingerprint density at radius 1 is 0.867 bits per heavy atom. The molecule has 2 aromatic heterocycles. The number of fused-ring (bicyclic) bond motifs is 2. The van der Waals surface area contributed by atoms with Crippen molar-refractivity contribution in [2.24, 2.45) is 0 Å². The zero-order valence-electron chi connectivity index (χ0n) is 16.8. The van der Waals surface area contributed by atoms with Gasteiger partial charge in [0.2, 0.25) is 0 Å². The molecule has 0 atom stereocenters. The predicted octanol–water partition coefficient (Wildman–Crippen LogP) is 5.74. The number of pyridine rings is 1. The smallest absolute Gasteiger partial charge is 0.254 e. The Bertz CT molecular complexity index is 1220. The van der Waals surface area contributed by atoms with Crippen molar-refractivity contribution >= 4 is 38.4 Å². The molecule has 3 heterocycles. The number of nitrogens with zero attached hydrogens (tertiary/aromatic N) is 3. The molecule has 2 aliphatic rings. The molecule has 0 radical (unpaired) electrons. The number of carbonyl (C=O) groups excluding carboxylic acids is 1. The minimum atomic E-state index is 0.151. The lowest BCUT2D eigenvalue weighted by Gasteiger charge is -2.31. The quantitative estimate of drug-likeness (QED) is 0.430. The summed E-state index contributed by atoms with van der Waals surface area (Å²) in [6, 6.07) is 18.4. The van der Waals surface area contributed by atoms with Gasteiger partial charge in [-0.25, -0.2) is 4.98 Å². The number of amides is 1. The Balaban J connectivity index is 1.24. The molecule has 1 saturated heterocycles. The van der Waals surface area contributed by atoms with Gasteiger partial charge in [-0.2, -0.15) is 0 Å². The maximum Gasteiger partial charge on any atom is 0.254 e. The summed E-state index contributed by atoms with van der Waals surface area (Å²) in [5.41, 5.74) is 3.93. The maximum atomic E-state index is 13.5. The third kappa shape index (κ3) is 3.18. The Morgan fingerprint density at radius 3 is 2.37 bits per heavy atom. The molecule has 4 nitrogen and oxygen atoms in total. The van der Waals surface area contributed by atoms with Crippen LogP contribution in [0.5, 0.6) is 0 Å². The first-order valence-electron chi connectivity index (χ1n) is 10.8. The lowest BCUT2D eigenvalue weighted by Crippen LogP contribution is -2.38. The number of benzene rings is 2. The summed E-state index contributed by atoms with van der Waals surface area (Å²) in [5.74, 6) is 1.13. The van der Waals surface area contributed by atoms with Gasteiger partial charge in [-0.1, -0.05) is 30.3 Å². The third-order valence-corrected chi connectivity index (χ3v) is 7.60. The molecular weight excluding hydrogens is 390 g/mol. The van der Waals surface area contributed by atoms with Crippen LogP contribution in [-0.4, -0.2) is 33.9 Å². The minimum Gasteiger partial charge on any atom is -0.339 e. The summed E-state index contributed by atoms with van der Waals surface area (Å²) in [6.07, 6.45) is 4.33. The van der Waals surface area contributed by atoms with Crippen LogP contribution in [0.1, 0.15) is 58.6 Å². The Kier molecular flexibility index (Phi) is 4.30. The topological polar surface area (TPSA) is 46.1 Å². The van der Waals surface area contributed by atoms with Crippen LogP contribution in [0.4, 0.5) is 0 Å². The number of likely N-dealkylation sites (tertiary alicyclic amines) is 1. The molecule has 150 valence electrons. The molecule has 1 saturated carbocycles. The fourth-order valence-electron chi connectivity index (χ4n) is 4.53. The number of carbonyl (C=O) groups is 1. The Hall–Kier alpha value is -2.79. The van der Waals surface area contributed by atoms with Gasteiger partial charge in [0.05, 0.1) is 26.3 Å². The van der Waals surface area contributed by atoms with Gasteiger partial charge in [-0.15, -0.1) is 11.3 Å². The Labute approximate surface area is 179 Å². The van der Waals surface area contributed by atoms with Crippen molar-refractivity contribution in [3.63, 3.8) is 0 Å². The summed E-state index contributed by atoms with van der Waals surface area (Å²) < 4.78 is 1.25. The molecule has 0 spiro atoms. The fraction of sp³-hybridized carbons (Fsp3) is 0.320. The molecule has 0 unspecified atom stereocenters. The standard InChI is InChI=1S/C25H23N3OS/c29-25(19-15-22(16-9-10-16)26-20-6-2-1-5-18(19)20)28-13-11-17(12-14-28)24-27-21-7-3-4-8-23(21)30-24/h1-8,15-17H,9-14H2. The highest BCUT2D eigenvalue weighted by Crippen LogP contribution is 2.40. The van der Waals surface area contributed by atoms with Gasteiger partial charge < -0.3 is 4.90 Å². The van der Waals surface area contributed by atoms with E-state index in [1.54, 1.807) is 11.3 Å². The van der Waals surface area contributed by atoms with Crippen LogP contribution in [0.15, 0.2) is 54.6 Å². The van der Waals surface area contributed by atoms with Gasteiger partial charge in [-0.3, -0.25) is 9.78 Å². The summed E-state index contributed by atoms with van der Waals surface area (Å²) in [5, 5.41) is 2.19. The van der Waals surface area contributed by atoms with E-state index in [2.05, 4.69) is 24.3 Å². The van der Waals surface area contributed by atoms with Crippen molar-refractivity contribution in [2.75, 3.05) is 13.1 Å². The van der Waals surface area contributed by atoms with Crippen molar-refractivity contribution in [3.8, 4) is 0 Å². The van der Waals surface area contributed by atoms with Gasteiger partial charge in [0.25, 0.3) is 5.91 Å². The zero-order valence-corrected chi connectivity index (χ0v) is 17.6. The number of piperidine rings is 1. The van der Waals surface area contributed by atoms with E-state index in [-0.39, 0.29) is 5.91 Å². The van der Waals surface area contributed by atoms with Crippen LogP contribution in [0.3, 0.4) is 0 Å². The van der Waals surface area contributed by atoms with Crippen molar-refractivity contribution in [2.45, 2.75) is 37.5 Å². The van der Waals surface area contributed by atoms with Crippen LogP contribution < -0.4 is 0 Å². The number of para-hydroxylation sites is 2. The normalized spacial score (nSPS) is 17.7. The molecule has 1 aliphatic heterocycles. The molecule has 5 heteroatoms. The van der Waals surface area contributed by atoms with Crippen LogP contribution in [0.25, 0.3) is 21.1 Å². The second-order valence-electron chi connectivity index (χ2n) is 8.47. The van der Waals surface area contributed by atoms with Crippen molar-refractivity contribution in [3.05, 3.63) is 70.9 Å². The van der Waals surface area contributed by atoms with Crippen molar-refractivity contribution in [1.82, 2.24) is 14.9 Å². The van der Waals surface area contributed by atoms with Crippen LogP contribution >= 0.6 is 11.3 Å². The Morgan fingerprint density at radius 2 is 1.60 bits per heavy atom. The number of hydrogen-bond donors (Lipinski definition) is 0. The molecule has 6 rings (SSSR count). The first kappa shape index (κ1) is 18.0. The van der Waals surface area contributed by atoms with E-state index in [0.717, 1.165) is 53.6 Å². The van der Waals surface area contributed by atoms with Crippen LogP contribution in [0, 0.1) is 0 Å². The third-order valence-electron chi connectivity index (χ3n) is 6.40. The molecule has 0 bridgehead atoms. The highest BCUT2D eigenvalue weighted by atomic mass is 32.1. The van der Waals surface area contributed by atoms with Gasteiger partial charge in [-0.05, 0) is 49.9 Å². The van der Waals surface area contributed by atoms with E-state index < -0.39 is 0 Å². The van der Waals surface area contributed by atoms with Gasteiger partial charge in [0.1, 0.15) is 0 Å². The highest BCUT2D eigenvalue weighted by molar-refractivity contribution is 7.18. The SMILES string of the molecule is O=C(c1cc(C2CC2)nc2ccccc12)N1CCC(c2nc3ccccc3s2)CC1. The van der Waals surface area contributed by atoms with Gasteiger partial charge in [0.15, 0.2) is 0 Å². The maximum absolute atomic E-state index is 13.5. The summed E-state index contributed by atoms with van der Waals surface area (Å²) in [6.45, 7) is 1.57. The number of aromatic nitrogens is 2. The minimum absolute atomic E-state index is 0.151. The molecule has 30 heavy (non-hydrogen) atoms. The van der Waals surface area contributed by atoms with E-state index in [4.69, 9.17) is 9.97 Å². The first-order valence-corrected chi connectivity index (χ1v) is 11.6.